The lowest BCUT2D eigenvalue weighted by Crippen LogP contribution is -2.32. The first-order valence-electron chi connectivity index (χ1n) is 10.4. The smallest absolute Gasteiger partial charge is 0.278 e. The molecule has 0 aliphatic carbocycles. The van der Waals surface area contributed by atoms with Crippen molar-refractivity contribution >= 4 is 23.1 Å². The van der Waals surface area contributed by atoms with Crippen LogP contribution in [0.1, 0.15) is 22.3 Å². The van der Waals surface area contributed by atoms with Crippen LogP contribution in [0.25, 0.3) is 5.57 Å². The molecule has 2 aliphatic rings. The van der Waals surface area contributed by atoms with E-state index in [1.165, 1.54) is 4.90 Å². The van der Waals surface area contributed by atoms with Gasteiger partial charge in [-0.05, 0) is 54.3 Å². The standard InChI is InChI=1S/C26H22N2O4/c1-16-8-9-17(2)20(12-16)27-24-23(19-6-4-3-5-7-19)25(29)28(26(24)30)14-18-10-11-21-22(13-18)32-15-31-21/h3-13,27H,14-15H2,1-2H3. The van der Waals surface area contributed by atoms with Gasteiger partial charge in [0.2, 0.25) is 6.79 Å². The molecule has 0 atom stereocenters. The number of imide groups is 1. The van der Waals surface area contributed by atoms with E-state index in [2.05, 4.69) is 5.32 Å². The van der Waals surface area contributed by atoms with E-state index in [1.54, 1.807) is 12.1 Å². The average Bonchev–Trinajstić information content (AvgIpc) is 3.35. The van der Waals surface area contributed by atoms with Gasteiger partial charge in [-0.25, -0.2) is 0 Å². The number of hydrogen-bond acceptors (Lipinski definition) is 5. The molecule has 2 amide bonds. The Morgan fingerprint density at radius 3 is 2.47 bits per heavy atom. The summed E-state index contributed by atoms with van der Waals surface area (Å²) in [5.74, 6) is 0.596. The predicted molar refractivity (Wildman–Crippen MR) is 121 cm³/mol. The van der Waals surface area contributed by atoms with Crippen LogP contribution in [-0.2, 0) is 16.1 Å². The quantitative estimate of drug-likeness (QED) is 0.612. The monoisotopic (exact) mass is 426 g/mol. The highest BCUT2D eigenvalue weighted by atomic mass is 16.7. The maximum Gasteiger partial charge on any atom is 0.278 e. The van der Waals surface area contributed by atoms with E-state index in [1.807, 2.05) is 68.4 Å². The van der Waals surface area contributed by atoms with E-state index in [0.717, 1.165) is 22.4 Å². The van der Waals surface area contributed by atoms with Crippen LogP contribution in [0.2, 0.25) is 0 Å². The average molecular weight is 426 g/mol. The second-order valence-corrected chi connectivity index (χ2v) is 7.94. The van der Waals surface area contributed by atoms with Crippen molar-refractivity contribution in [1.82, 2.24) is 4.90 Å². The van der Waals surface area contributed by atoms with Crippen molar-refractivity contribution in [3.05, 3.63) is 94.7 Å². The molecular weight excluding hydrogens is 404 g/mol. The van der Waals surface area contributed by atoms with Gasteiger partial charge in [0.1, 0.15) is 5.70 Å². The topological polar surface area (TPSA) is 67.9 Å². The number of nitrogens with one attached hydrogen (secondary N) is 1. The van der Waals surface area contributed by atoms with Crippen LogP contribution in [0.5, 0.6) is 11.5 Å². The second kappa shape index (κ2) is 7.89. The number of carbonyl (C=O) groups is 2. The third kappa shape index (κ3) is 3.50. The van der Waals surface area contributed by atoms with Gasteiger partial charge in [-0.3, -0.25) is 14.5 Å². The molecule has 2 heterocycles. The Hall–Kier alpha value is -4.06. The highest BCUT2D eigenvalue weighted by Gasteiger charge is 2.39. The van der Waals surface area contributed by atoms with Crippen molar-refractivity contribution in [2.45, 2.75) is 20.4 Å². The number of benzene rings is 3. The van der Waals surface area contributed by atoms with Crippen molar-refractivity contribution in [3.63, 3.8) is 0 Å². The number of aryl methyl sites for hydroxylation is 2. The number of amides is 2. The van der Waals surface area contributed by atoms with E-state index >= 15 is 0 Å². The van der Waals surface area contributed by atoms with Gasteiger partial charge in [-0.1, -0.05) is 48.5 Å². The first-order valence-corrected chi connectivity index (χ1v) is 10.4. The largest absolute Gasteiger partial charge is 0.454 e. The number of hydrogen-bond donors (Lipinski definition) is 1. The maximum absolute atomic E-state index is 13.5. The number of ether oxygens (including phenoxy) is 2. The van der Waals surface area contributed by atoms with Gasteiger partial charge in [0.05, 0.1) is 12.1 Å². The highest BCUT2D eigenvalue weighted by Crippen LogP contribution is 2.35. The Kier molecular flexibility index (Phi) is 4.90. The summed E-state index contributed by atoms with van der Waals surface area (Å²) < 4.78 is 10.8. The van der Waals surface area contributed by atoms with Crippen LogP contribution in [0.4, 0.5) is 5.69 Å². The van der Waals surface area contributed by atoms with Gasteiger partial charge in [0.15, 0.2) is 11.5 Å². The Balaban J connectivity index is 1.52. The van der Waals surface area contributed by atoms with Crippen LogP contribution in [0.15, 0.2) is 72.4 Å². The van der Waals surface area contributed by atoms with Gasteiger partial charge < -0.3 is 14.8 Å². The van der Waals surface area contributed by atoms with Crippen LogP contribution >= 0.6 is 0 Å². The lowest BCUT2D eigenvalue weighted by atomic mass is 10.0. The van der Waals surface area contributed by atoms with Crippen LogP contribution in [0.3, 0.4) is 0 Å². The van der Waals surface area contributed by atoms with E-state index in [9.17, 15) is 9.59 Å². The Labute approximate surface area is 186 Å². The third-order valence-corrected chi connectivity index (χ3v) is 5.66. The summed E-state index contributed by atoms with van der Waals surface area (Å²) in [6.45, 7) is 4.27. The number of nitrogens with zero attached hydrogens (tertiary/aromatic N) is 1. The summed E-state index contributed by atoms with van der Waals surface area (Å²) in [5.41, 5.74) is 5.01. The molecule has 1 N–H and O–H groups in total. The fourth-order valence-corrected chi connectivity index (χ4v) is 3.94. The predicted octanol–water partition coefficient (Wildman–Crippen LogP) is 4.42. The fourth-order valence-electron chi connectivity index (χ4n) is 3.94. The molecular formula is C26H22N2O4. The summed E-state index contributed by atoms with van der Waals surface area (Å²) in [5, 5.41) is 3.26. The molecule has 0 aromatic heterocycles. The summed E-state index contributed by atoms with van der Waals surface area (Å²) in [6, 6.07) is 20.7. The van der Waals surface area contributed by atoms with E-state index < -0.39 is 0 Å². The van der Waals surface area contributed by atoms with Crippen molar-refractivity contribution in [3.8, 4) is 11.5 Å². The van der Waals surface area contributed by atoms with Crippen LogP contribution in [-0.4, -0.2) is 23.5 Å². The molecule has 0 unspecified atom stereocenters. The van der Waals surface area contributed by atoms with Crippen LogP contribution in [0, 0.1) is 13.8 Å². The molecule has 6 heteroatoms. The zero-order valence-corrected chi connectivity index (χ0v) is 17.8. The van der Waals surface area contributed by atoms with Crippen LogP contribution < -0.4 is 14.8 Å². The number of carbonyl (C=O) groups excluding carboxylic acids is 2. The summed E-state index contributed by atoms with van der Waals surface area (Å²) >= 11 is 0. The molecule has 3 aromatic rings. The molecule has 32 heavy (non-hydrogen) atoms. The lowest BCUT2D eigenvalue weighted by molar-refractivity contribution is -0.137. The Bertz CT molecular complexity index is 1260. The third-order valence-electron chi connectivity index (χ3n) is 5.66. The molecule has 3 aromatic carbocycles. The van der Waals surface area contributed by atoms with E-state index in [4.69, 9.17) is 9.47 Å². The normalized spacial score (nSPS) is 15.0. The van der Waals surface area contributed by atoms with Gasteiger partial charge in [0, 0.05) is 5.69 Å². The van der Waals surface area contributed by atoms with Crippen molar-refractivity contribution in [2.75, 3.05) is 12.1 Å². The van der Waals surface area contributed by atoms with Gasteiger partial charge >= 0.3 is 0 Å². The molecule has 2 aliphatic heterocycles. The molecule has 160 valence electrons. The number of anilines is 1. The van der Waals surface area contributed by atoms with Gasteiger partial charge in [-0.15, -0.1) is 0 Å². The zero-order chi connectivity index (χ0) is 22.2. The minimum Gasteiger partial charge on any atom is -0.454 e. The molecule has 0 saturated heterocycles. The highest BCUT2D eigenvalue weighted by molar-refractivity contribution is 6.36. The Morgan fingerprint density at radius 1 is 0.875 bits per heavy atom. The van der Waals surface area contributed by atoms with Gasteiger partial charge in [0.25, 0.3) is 11.8 Å². The molecule has 0 radical (unpaired) electrons. The molecule has 6 nitrogen and oxygen atoms in total. The molecule has 0 saturated carbocycles. The number of rotatable bonds is 5. The van der Waals surface area contributed by atoms with E-state index in [-0.39, 0.29) is 30.8 Å². The first kappa shape index (κ1) is 19.9. The SMILES string of the molecule is Cc1ccc(C)c(NC2=C(c3ccccc3)C(=O)N(Cc3ccc4c(c3)OCO4)C2=O)c1. The van der Waals surface area contributed by atoms with Gasteiger partial charge in [-0.2, -0.15) is 0 Å². The minimum absolute atomic E-state index is 0.141. The molecule has 5 rings (SSSR count). The first-order chi connectivity index (χ1) is 15.5. The zero-order valence-electron chi connectivity index (χ0n) is 17.8. The Morgan fingerprint density at radius 2 is 1.66 bits per heavy atom. The summed E-state index contributed by atoms with van der Waals surface area (Å²) in [7, 11) is 0. The van der Waals surface area contributed by atoms with E-state index in [0.29, 0.717) is 22.6 Å². The molecule has 0 spiro atoms. The number of fused-ring (bicyclic) bond motifs is 1. The summed E-state index contributed by atoms with van der Waals surface area (Å²) in [4.78, 5) is 28.2. The molecule has 0 bridgehead atoms. The van der Waals surface area contributed by atoms with Crippen molar-refractivity contribution < 1.29 is 19.1 Å². The van der Waals surface area contributed by atoms with Crippen molar-refractivity contribution in [1.29, 1.82) is 0 Å². The second-order valence-electron chi connectivity index (χ2n) is 7.94. The summed E-state index contributed by atoms with van der Waals surface area (Å²) in [6.07, 6.45) is 0. The fraction of sp³-hybridized carbons (Fsp3) is 0.154. The lowest BCUT2D eigenvalue weighted by Gasteiger charge is -2.16. The molecule has 0 fully saturated rings. The minimum atomic E-state index is -0.354. The van der Waals surface area contributed by atoms with Crippen molar-refractivity contribution in [2.24, 2.45) is 0 Å². The maximum atomic E-state index is 13.5.